The first kappa shape index (κ1) is 12.4. The third kappa shape index (κ3) is 17.7. The van der Waals surface area contributed by atoms with E-state index in [4.69, 9.17) is 0 Å². The Hall–Kier alpha value is -1.31. The van der Waals surface area contributed by atoms with Gasteiger partial charge in [-0.15, -0.1) is 0 Å². The minimum absolute atomic E-state index is 0.394. The smallest absolute Gasteiger partial charge is 0.329 e. The quantitative estimate of drug-likeness (QED) is 0.346. The first-order valence-corrected chi connectivity index (χ1v) is 3.06. The van der Waals surface area contributed by atoms with E-state index in [1.165, 1.54) is 7.11 Å². The lowest BCUT2D eigenvalue weighted by Gasteiger charge is -1.83. The molecule has 0 amide bonds. The molecule has 0 aliphatic rings. The van der Waals surface area contributed by atoms with Gasteiger partial charge in [0.25, 0.3) is 0 Å². The minimum Gasteiger partial charge on any atom is -0.466 e. The first-order valence-electron chi connectivity index (χ1n) is 3.06. The molecule has 0 heterocycles. The third-order valence-electron chi connectivity index (χ3n) is 0.716. The molecule has 0 aliphatic heterocycles. The van der Waals surface area contributed by atoms with E-state index in [2.05, 4.69) is 24.5 Å². The van der Waals surface area contributed by atoms with Crippen LogP contribution in [0.3, 0.4) is 0 Å². The van der Waals surface area contributed by atoms with Crippen molar-refractivity contribution in [3.05, 3.63) is 37.5 Å². The van der Waals surface area contributed by atoms with E-state index in [-0.39, 0.29) is 0 Å². The summed E-state index contributed by atoms with van der Waals surface area (Å²) in [7, 11) is 1.31. The van der Waals surface area contributed by atoms with E-state index in [9.17, 15) is 4.79 Å². The van der Waals surface area contributed by atoms with Gasteiger partial charge in [0.15, 0.2) is 0 Å². The van der Waals surface area contributed by atoms with Crippen LogP contribution in [0.4, 0.5) is 0 Å². The highest BCUT2D eigenvalue weighted by Gasteiger charge is 1.81. The summed E-state index contributed by atoms with van der Waals surface area (Å²) in [5.41, 5.74) is 1.02. The van der Waals surface area contributed by atoms with Crippen LogP contribution >= 0.6 is 0 Å². The molecule has 62 valence electrons. The Balaban J connectivity index is 0. The van der Waals surface area contributed by atoms with E-state index < -0.39 is 5.97 Å². The fourth-order valence-corrected chi connectivity index (χ4v) is 0.0833. The Bertz CT molecular complexity index is 157. The van der Waals surface area contributed by atoms with Crippen LogP contribution in [0.1, 0.15) is 6.92 Å². The van der Waals surface area contributed by atoms with Crippen molar-refractivity contribution >= 4 is 5.97 Å². The van der Waals surface area contributed by atoms with Crippen molar-refractivity contribution in [2.75, 3.05) is 7.11 Å². The predicted octanol–water partition coefficient (Wildman–Crippen LogP) is 2.09. The molecule has 0 radical (unpaired) electrons. The molecule has 0 rings (SSSR count). The Morgan fingerprint density at radius 3 is 1.73 bits per heavy atom. The highest BCUT2D eigenvalue weighted by atomic mass is 16.5. The van der Waals surface area contributed by atoms with E-state index in [0.29, 0.717) is 0 Å². The summed E-state index contributed by atoms with van der Waals surface area (Å²) >= 11 is 0. The minimum atomic E-state index is -0.394. The van der Waals surface area contributed by atoms with Crippen molar-refractivity contribution in [1.29, 1.82) is 0 Å². The molecule has 0 aromatic heterocycles. The maximum absolute atomic E-state index is 9.84. The highest BCUT2D eigenvalue weighted by molar-refractivity contribution is 5.80. The van der Waals surface area contributed by atoms with Crippen molar-refractivity contribution in [1.82, 2.24) is 0 Å². The molecule has 0 aromatic carbocycles. The number of hydrogen-bond donors (Lipinski definition) is 0. The zero-order valence-electron chi connectivity index (χ0n) is 7.09. The zero-order valence-corrected chi connectivity index (χ0v) is 7.09. The van der Waals surface area contributed by atoms with E-state index >= 15 is 0 Å². The van der Waals surface area contributed by atoms with Crippen LogP contribution in [0.2, 0.25) is 0 Å². The SMILES string of the molecule is C=CC(=C)C.C=CC(=O)OC. The van der Waals surface area contributed by atoms with Crippen LogP contribution in [-0.4, -0.2) is 13.1 Å². The molecule has 0 saturated carbocycles. The van der Waals surface area contributed by atoms with E-state index in [1.807, 2.05) is 6.92 Å². The molecule has 2 nitrogen and oxygen atoms in total. The zero-order chi connectivity index (χ0) is 9.28. The normalized spacial score (nSPS) is 6.73. The largest absolute Gasteiger partial charge is 0.466 e. The van der Waals surface area contributed by atoms with Crippen molar-refractivity contribution in [2.45, 2.75) is 6.92 Å². The second kappa shape index (κ2) is 8.69. The van der Waals surface area contributed by atoms with E-state index in [0.717, 1.165) is 11.6 Å². The Labute approximate surface area is 67.9 Å². The van der Waals surface area contributed by atoms with Gasteiger partial charge in [-0.25, -0.2) is 4.79 Å². The van der Waals surface area contributed by atoms with Crippen molar-refractivity contribution in [3.8, 4) is 0 Å². The lowest BCUT2D eigenvalue weighted by atomic mass is 10.4. The molecule has 0 atom stereocenters. The van der Waals surface area contributed by atoms with Crippen LogP contribution in [0.15, 0.2) is 37.5 Å². The van der Waals surface area contributed by atoms with E-state index in [1.54, 1.807) is 6.08 Å². The van der Waals surface area contributed by atoms with Gasteiger partial charge in [-0.2, -0.15) is 0 Å². The van der Waals surface area contributed by atoms with Gasteiger partial charge in [-0.3, -0.25) is 0 Å². The lowest BCUT2D eigenvalue weighted by Crippen LogP contribution is -1.91. The predicted molar refractivity (Wildman–Crippen MR) is 47.2 cm³/mol. The Morgan fingerprint density at radius 2 is 1.73 bits per heavy atom. The average molecular weight is 154 g/mol. The number of allylic oxidation sites excluding steroid dienone is 2. The molecule has 0 spiro atoms. The number of ether oxygens (including phenoxy) is 1. The fraction of sp³-hybridized carbons (Fsp3) is 0.222. The first-order chi connectivity index (χ1) is 5.08. The van der Waals surface area contributed by atoms with Crippen molar-refractivity contribution < 1.29 is 9.53 Å². The van der Waals surface area contributed by atoms with Gasteiger partial charge < -0.3 is 4.74 Å². The topological polar surface area (TPSA) is 26.3 Å². The number of rotatable bonds is 2. The van der Waals surface area contributed by atoms with Crippen LogP contribution in [0.25, 0.3) is 0 Å². The lowest BCUT2D eigenvalue weighted by molar-refractivity contribution is -0.134. The maximum Gasteiger partial charge on any atom is 0.329 e. The van der Waals surface area contributed by atoms with Gasteiger partial charge in [0.2, 0.25) is 0 Å². The average Bonchev–Trinajstić information content (AvgIpc) is 2.04. The summed E-state index contributed by atoms with van der Waals surface area (Å²) in [4.78, 5) is 9.84. The summed E-state index contributed by atoms with van der Waals surface area (Å²) in [5, 5.41) is 0. The number of carbonyl (C=O) groups is 1. The van der Waals surface area contributed by atoms with Crippen molar-refractivity contribution in [3.63, 3.8) is 0 Å². The standard InChI is InChI=1S/C5H8.C4H6O2/c1-4-5(2)3;1-3-4(5)6-2/h4H,1-2H2,3H3;3H,1H2,2H3. The highest BCUT2D eigenvalue weighted by Crippen LogP contribution is 1.81. The van der Waals surface area contributed by atoms with Gasteiger partial charge >= 0.3 is 5.97 Å². The van der Waals surface area contributed by atoms with Crippen molar-refractivity contribution in [2.24, 2.45) is 0 Å². The molecule has 0 aromatic rings. The summed E-state index contributed by atoms with van der Waals surface area (Å²) in [6, 6.07) is 0. The molecule has 0 bridgehead atoms. The van der Waals surface area contributed by atoms with Gasteiger partial charge in [0.05, 0.1) is 7.11 Å². The molecule has 0 aliphatic carbocycles. The van der Waals surface area contributed by atoms with Crippen LogP contribution in [0, 0.1) is 0 Å². The molecule has 0 N–H and O–H groups in total. The monoisotopic (exact) mass is 154 g/mol. The molecule has 0 fully saturated rings. The number of carbonyl (C=O) groups excluding carboxylic acids is 1. The van der Waals surface area contributed by atoms with Crippen LogP contribution < -0.4 is 0 Å². The number of hydrogen-bond acceptors (Lipinski definition) is 2. The fourth-order valence-electron chi connectivity index (χ4n) is 0.0833. The number of methoxy groups -OCH3 is 1. The Morgan fingerprint density at radius 1 is 1.36 bits per heavy atom. The summed E-state index contributed by atoms with van der Waals surface area (Å²) < 4.78 is 4.14. The molecule has 0 unspecified atom stereocenters. The molecular formula is C9H14O2. The van der Waals surface area contributed by atoms with Gasteiger partial charge in [0, 0.05) is 6.08 Å². The Kier molecular flexibility index (Phi) is 9.78. The number of esters is 1. The molecule has 11 heavy (non-hydrogen) atoms. The molecule has 2 heteroatoms. The second-order valence-corrected chi connectivity index (χ2v) is 1.78. The summed E-state index contributed by atoms with van der Waals surface area (Å²) in [6.07, 6.45) is 2.83. The van der Waals surface area contributed by atoms with Gasteiger partial charge in [-0.1, -0.05) is 31.4 Å². The second-order valence-electron chi connectivity index (χ2n) is 1.78. The maximum atomic E-state index is 9.84. The summed E-state index contributed by atoms with van der Waals surface area (Å²) in [6.45, 7) is 12.1. The van der Waals surface area contributed by atoms with Crippen LogP contribution in [0.5, 0.6) is 0 Å². The summed E-state index contributed by atoms with van der Waals surface area (Å²) in [5.74, 6) is -0.394. The molecular weight excluding hydrogens is 140 g/mol. The van der Waals surface area contributed by atoms with Crippen LogP contribution in [-0.2, 0) is 9.53 Å². The van der Waals surface area contributed by atoms with Gasteiger partial charge in [-0.05, 0) is 6.92 Å². The third-order valence-corrected chi connectivity index (χ3v) is 0.716. The molecule has 0 saturated heterocycles. The van der Waals surface area contributed by atoms with Gasteiger partial charge in [0.1, 0.15) is 0 Å².